The first-order valence-electron chi connectivity index (χ1n) is 31.1. The number of ether oxygens (including phenoxy) is 4. The molecule has 7 rings (SSSR count). The normalized spacial score (nSPS) is 20.7. The topological polar surface area (TPSA) is 123 Å². The molecule has 462 valence electrons. The Morgan fingerprint density at radius 3 is 1.31 bits per heavy atom. The van der Waals surface area contributed by atoms with Crippen LogP contribution in [0.25, 0.3) is 0 Å². The highest BCUT2D eigenvalue weighted by Gasteiger charge is 2.17. The van der Waals surface area contributed by atoms with Gasteiger partial charge in [-0.15, -0.1) is 35.3 Å². The largest absolute Gasteiger partial charge is 0.483 e. The van der Waals surface area contributed by atoms with Gasteiger partial charge in [0.1, 0.15) is 6.10 Å². The van der Waals surface area contributed by atoms with Gasteiger partial charge in [-0.2, -0.15) is 0 Å². The second-order valence-corrected chi connectivity index (χ2v) is 21.9. The van der Waals surface area contributed by atoms with Crippen molar-refractivity contribution >= 4 is 76.5 Å². The highest BCUT2D eigenvalue weighted by atomic mass is 32.2. The second kappa shape index (κ2) is 70.0. The van der Waals surface area contributed by atoms with Gasteiger partial charge in [-0.05, 0) is 48.3 Å². The van der Waals surface area contributed by atoms with Gasteiger partial charge in [0.05, 0.1) is 48.0 Å². The Kier molecular flexibility index (Phi) is 80.7. The van der Waals surface area contributed by atoms with Crippen molar-refractivity contribution in [1.82, 2.24) is 0 Å². The molecule has 0 amide bonds. The molecule has 7 heterocycles. The maximum absolute atomic E-state index is 5.29. The van der Waals surface area contributed by atoms with Crippen LogP contribution in [-0.2, 0) is 18.9 Å². The van der Waals surface area contributed by atoms with Crippen LogP contribution in [0.4, 0.5) is 0 Å². The number of aliphatic imine (C=N–C) groups is 7. The van der Waals surface area contributed by atoms with Crippen LogP contribution in [-0.4, -0.2) is 129 Å². The summed E-state index contributed by atoms with van der Waals surface area (Å²) >= 11 is 5.59. The van der Waals surface area contributed by atoms with Crippen molar-refractivity contribution in [2.75, 3.05) is 69.8 Å². The molecule has 7 aliphatic rings. The smallest absolute Gasteiger partial charge is 0.185 e. The standard InChI is InChI=1S/4C7H13NO.3C7H13NS.7C2H6/c1-6(2)7-3-8-5-9-4-7;1-6(2)7-3-4-9-5-8-7;1-6(2)7-3-4-8-5-9-7;1-6(2)7-8-4-3-5-9-7;1-6(2)7-3-8-5-9-4-7;1-6(2)7-3-4-9-5-8-7;1-6(2)7-8-4-3-5-9-7;7*1-2/h3*5-7H,3-4H2,1-2H3;6H,3-5H2,1-2H3;2*5-7H,3-4H2,1-2H3;6H,3-5H2,1-2H3;7*1-2H3. The zero-order valence-electron chi connectivity index (χ0n) is 56.1. The quantitative estimate of drug-likeness (QED) is 0.249. The molecule has 0 N–H and O–H groups in total. The van der Waals surface area contributed by atoms with Crippen LogP contribution in [0.5, 0.6) is 0 Å². The molecule has 5 unspecified atom stereocenters. The molecule has 0 saturated carbocycles. The van der Waals surface area contributed by atoms with Crippen LogP contribution in [0.15, 0.2) is 34.9 Å². The van der Waals surface area contributed by atoms with Crippen molar-refractivity contribution in [1.29, 1.82) is 0 Å². The summed E-state index contributed by atoms with van der Waals surface area (Å²) in [6.45, 7) is 66.2. The van der Waals surface area contributed by atoms with E-state index in [4.69, 9.17) is 18.9 Å². The number of hydrogen-bond acceptors (Lipinski definition) is 14. The van der Waals surface area contributed by atoms with E-state index in [9.17, 15) is 0 Å². The van der Waals surface area contributed by atoms with Gasteiger partial charge in [-0.3, -0.25) is 34.9 Å². The fourth-order valence-electron chi connectivity index (χ4n) is 6.18. The van der Waals surface area contributed by atoms with Crippen molar-refractivity contribution in [3.63, 3.8) is 0 Å². The average molecular weight is 1150 g/mol. The Morgan fingerprint density at radius 1 is 0.468 bits per heavy atom. The molecule has 0 aliphatic carbocycles. The van der Waals surface area contributed by atoms with Gasteiger partial charge in [0.25, 0.3) is 0 Å². The van der Waals surface area contributed by atoms with Crippen molar-refractivity contribution < 1.29 is 18.9 Å². The molecular formula is C63H133N7O4S3. The number of nitrogens with zero attached hydrogens (tertiary/aromatic N) is 7. The van der Waals surface area contributed by atoms with Crippen LogP contribution < -0.4 is 0 Å². The summed E-state index contributed by atoms with van der Waals surface area (Å²) in [7, 11) is 0. The van der Waals surface area contributed by atoms with Crippen LogP contribution in [0.3, 0.4) is 0 Å². The first-order chi connectivity index (χ1) is 37.1. The van der Waals surface area contributed by atoms with Gasteiger partial charge < -0.3 is 18.9 Å². The molecule has 5 atom stereocenters. The molecule has 0 spiro atoms. The van der Waals surface area contributed by atoms with E-state index in [1.54, 1.807) is 19.2 Å². The molecule has 0 aromatic rings. The van der Waals surface area contributed by atoms with Crippen LogP contribution in [0.1, 0.15) is 226 Å². The summed E-state index contributed by atoms with van der Waals surface area (Å²) in [4.78, 5) is 29.4. The molecular weight excluding hydrogens is 1010 g/mol. The van der Waals surface area contributed by atoms with Gasteiger partial charge in [-0.25, -0.2) is 0 Å². The minimum Gasteiger partial charge on any atom is -0.483 e. The first kappa shape index (κ1) is 88.8. The second-order valence-electron chi connectivity index (χ2n) is 18.9. The summed E-state index contributed by atoms with van der Waals surface area (Å²) < 4.78 is 20.5. The van der Waals surface area contributed by atoms with Gasteiger partial charge in [-0.1, -0.05) is 194 Å². The predicted octanol–water partition coefficient (Wildman–Crippen LogP) is 19.3. The lowest BCUT2D eigenvalue weighted by Gasteiger charge is -2.21. The van der Waals surface area contributed by atoms with Crippen molar-refractivity contribution in [3.8, 4) is 0 Å². The number of rotatable bonds is 7. The molecule has 7 aliphatic heterocycles. The SMILES string of the molecule is CC.CC.CC.CC.CC.CC.CC.CC(C)C1=NCCCO1.CC(C)C1=NCCCS1.CC(C)C1CCN=CO1.CC(C)C1CCOC=N1.CC(C)C1CCSC=N1.CC(C)C1CN=COC1.CC(C)C1CN=CSC1. The van der Waals surface area contributed by atoms with Crippen molar-refractivity contribution in [2.45, 2.75) is 244 Å². The zero-order valence-corrected chi connectivity index (χ0v) is 58.6. The molecule has 0 bridgehead atoms. The lowest BCUT2D eigenvalue weighted by atomic mass is 9.97. The maximum Gasteiger partial charge on any atom is 0.185 e. The molecule has 0 aromatic carbocycles. The minimum atomic E-state index is 0.405. The number of hydrogen-bond donors (Lipinski definition) is 0. The Hall–Kier alpha value is -2.06. The van der Waals surface area contributed by atoms with E-state index < -0.39 is 0 Å². The number of thioether (sulfide) groups is 3. The van der Waals surface area contributed by atoms with Gasteiger partial charge in [0.15, 0.2) is 25.1 Å². The van der Waals surface area contributed by atoms with E-state index >= 15 is 0 Å². The molecule has 0 saturated heterocycles. The Morgan fingerprint density at radius 2 is 1.04 bits per heavy atom. The van der Waals surface area contributed by atoms with Gasteiger partial charge in [0, 0.05) is 87.0 Å². The van der Waals surface area contributed by atoms with E-state index in [0.29, 0.717) is 53.7 Å². The Labute approximate surface area is 494 Å². The van der Waals surface area contributed by atoms with Crippen LogP contribution >= 0.6 is 35.3 Å². The Bertz CT molecular complexity index is 1230. The van der Waals surface area contributed by atoms with Crippen LogP contribution in [0, 0.1) is 53.3 Å². The van der Waals surface area contributed by atoms with E-state index in [1.807, 2.05) is 143 Å². The molecule has 0 radical (unpaired) electrons. The summed E-state index contributed by atoms with van der Waals surface area (Å²) in [5.41, 5.74) is 3.97. The molecule has 14 heteroatoms. The van der Waals surface area contributed by atoms with E-state index in [0.717, 1.165) is 95.5 Å². The molecule has 0 aromatic heterocycles. The van der Waals surface area contributed by atoms with Crippen molar-refractivity contribution in [2.24, 2.45) is 88.2 Å². The summed E-state index contributed by atoms with van der Waals surface area (Å²) in [5.74, 6) is 10.8. The van der Waals surface area contributed by atoms with Crippen LogP contribution in [0.2, 0.25) is 0 Å². The summed E-state index contributed by atoms with van der Waals surface area (Å²) in [6, 6.07) is 1.10. The third-order valence-electron chi connectivity index (χ3n) is 11.0. The molecule has 0 fully saturated rings. The fourth-order valence-corrected chi connectivity index (χ4v) is 8.92. The predicted molar refractivity (Wildman–Crippen MR) is 363 cm³/mol. The lowest BCUT2D eigenvalue weighted by Crippen LogP contribution is -2.23. The van der Waals surface area contributed by atoms with E-state index in [2.05, 4.69) is 132 Å². The maximum atomic E-state index is 5.29. The molecule has 11 nitrogen and oxygen atoms in total. The van der Waals surface area contributed by atoms with E-state index in [-0.39, 0.29) is 0 Å². The molecule has 77 heavy (non-hydrogen) atoms. The van der Waals surface area contributed by atoms with E-state index in [1.165, 1.54) is 35.1 Å². The minimum absolute atomic E-state index is 0.405. The monoisotopic (exact) mass is 1150 g/mol. The average Bonchev–Trinajstić information content (AvgIpc) is 3.51. The first-order valence-corrected chi connectivity index (χ1v) is 34.2. The summed E-state index contributed by atoms with van der Waals surface area (Å²) in [5, 5.41) is 1.35. The summed E-state index contributed by atoms with van der Waals surface area (Å²) in [6.07, 6.45) is 10.9. The highest BCUT2D eigenvalue weighted by Crippen LogP contribution is 2.21. The lowest BCUT2D eigenvalue weighted by molar-refractivity contribution is 0.130. The Balaban J connectivity index is -0.000000143. The zero-order chi connectivity index (χ0) is 60.8. The van der Waals surface area contributed by atoms with Crippen molar-refractivity contribution in [3.05, 3.63) is 0 Å². The third-order valence-corrected chi connectivity index (χ3v) is 14.0. The highest BCUT2D eigenvalue weighted by molar-refractivity contribution is 8.14. The fraction of sp³-hybridized carbons (Fsp3) is 0.889. The van der Waals surface area contributed by atoms with Gasteiger partial charge >= 0.3 is 0 Å². The third kappa shape index (κ3) is 57.0. The van der Waals surface area contributed by atoms with Gasteiger partial charge in [0.2, 0.25) is 0 Å².